The molecule has 0 bridgehead atoms. The number of hydrogen-bond donors (Lipinski definition) is 14. The Morgan fingerprint density at radius 2 is 1.06 bits per heavy atom. The van der Waals surface area contributed by atoms with Crippen molar-refractivity contribution in [1.82, 2.24) is 16.0 Å². The van der Waals surface area contributed by atoms with Gasteiger partial charge in [-0.1, -0.05) is 54.0 Å². The van der Waals surface area contributed by atoms with Crippen LogP contribution in [-0.2, 0) is 66.9 Å². The predicted molar refractivity (Wildman–Crippen MR) is 286 cm³/mol. The molecule has 28 nitrogen and oxygen atoms in total. The van der Waals surface area contributed by atoms with Crippen LogP contribution in [0.25, 0.3) is 0 Å². The lowest BCUT2D eigenvalue weighted by atomic mass is 9.33. The minimum absolute atomic E-state index is 0.0972. The van der Waals surface area contributed by atoms with Crippen molar-refractivity contribution in [3.8, 4) is 0 Å². The van der Waals surface area contributed by atoms with Crippen molar-refractivity contribution in [2.45, 2.75) is 230 Å². The predicted octanol–water partition coefficient (Wildman–Crippen LogP) is 0.294. The second-order valence-corrected chi connectivity index (χ2v) is 26.6. The van der Waals surface area contributed by atoms with E-state index in [0.717, 1.165) is 18.4 Å². The second kappa shape index (κ2) is 24.8. The van der Waals surface area contributed by atoms with Gasteiger partial charge in [0.1, 0.15) is 54.7 Å². The van der Waals surface area contributed by atoms with E-state index in [4.69, 9.17) is 24.1 Å². The van der Waals surface area contributed by atoms with E-state index in [9.17, 15) is 94.2 Å². The first-order valence-corrected chi connectivity index (χ1v) is 28.9. The minimum Gasteiger partial charge on any atom is -0.481 e. The van der Waals surface area contributed by atoms with Crippen molar-refractivity contribution >= 4 is 59.3 Å². The van der Waals surface area contributed by atoms with Crippen LogP contribution in [0.2, 0.25) is 0 Å². The summed E-state index contributed by atoms with van der Waals surface area (Å²) in [5.74, 6) is -13.1. The van der Waals surface area contributed by atoms with Crippen molar-refractivity contribution in [3.05, 3.63) is 11.6 Å². The third-order valence-corrected chi connectivity index (χ3v) is 21.1. The van der Waals surface area contributed by atoms with Gasteiger partial charge < -0.3 is 91.1 Å². The molecular weight excluding hydrogens is 1130 g/mol. The Morgan fingerprint density at radius 1 is 0.576 bits per heavy atom. The largest absolute Gasteiger partial charge is 0.481 e. The van der Waals surface area contributed by atoms with E-state index < -0.39 is 204 Å². The van der Waals surface area contributed by atoms with Gasteiger partial charge in [0.25, 0.3) is 11.8 Å². The summed E-state index contributed by atoms with van der Waals surface area (Å²) in [7, 11) is 0. The van der Waals surface area contributed by atoms with E-state index in [1.54, 1.807) is 13.0 Å². The standard InChI is InChI=1S/C57H83N3O25/c1-52(2)30-14-17-57(7)43(29(61)22-24-25-23-54(4,19-18-53(25,3)20-21-56(24,57)6)51(81)60-28(48(79)80)10-13-34(66)67)55(30,5)16-15-31(52)82-50-42(38(71)37(70)41(84-50)45(74)59-27(47(77)78)9-12-33(64)65)85-49-39(72)35(68)36(69)40(83-49)44(73)58-26(46(75)76)8-11-32(62)63/h22,25-28,30-31,35-43,49-50,68-72H,8-21,23H2,1-7H3,(H,58,73)(H,59,74)(H,60,81)(H,62,63)(H,64,65)(H,66,67)(H,75,76)(H,77,78)(H,79,80). The Bertz CT molecular complexity index is 2690. The summed E-state index contributed by atoms with van der Waals surface area (Å²) in [5, 5.41) is 120. The molecule has 4 saturated carbocycles. The zero-order chi connectivity index (χ0) is 63.4. The third-order valence-electron chi connectivity index (χ3n) is 21.1. The minimum atomic E-state index is -2.31. The number of aliphatic hydroxyl groups is 5. The highest BCUT2D eigenvalue weighted by atomic mass is 16.8. The normalized spacial score (nSPS) is 40.4. The fourth-order valence-electron chi connectivity index (χ4n) is 15.8. The molecule has 22 unspecified atom stereocenters. The van der Waals surface area contributed by atoms with Gasteiger partial charge in [0.15, 0.2) is 30.6 Å². The summed E-state index contributed by atoms with van der Waals surface area (Å²) in [4.78, 5) is 127. The molecule has 7 aliphatic rings. The van der Waals surface area contributed by atoms with E-state index in [0.29, 0.717) is 38.5 Å². The highest BCUT2D eigenvalue weighted by Gasteiger charge is 2.71. The summed E-state index contributed by atoms with van der Waals surface area (Å²) in [6.45, 7) is 14.2. The molecule has 85 heavy (non-hydrogen) atoms. The zero-order valence-electron chi connectivity index (χ0n) is 48.6. The Labute approximate surface area is 489 Å². The first-order valence-electron chi connectivity index (χ1n) is 28.9. The lowest BCUT2D eigenvalue weighted by molar-refractivity contribution is -0.369. The number of rotatable bonds is 22. The number of carbonyl (C=O) groups excluding carboxylic acids is 4. The maximum Gasteiger partial charge on any atom is 0.326 e. The molecule has 0 aromatic carbocycles. The van der Waals surface area contributed by atoms with Crippen molar-refractivity contribution in [3.63, 3.8) is 0 Å². The topological polar surface area (TPSA) is 466 Å². The van der Waals surface area contributed by atoms with Gasteiger partial charge >= 0.3 is 35.8 Å². The van der Waals surface area contributed by atoms with Crippen molar-refractivity contribution in [2.24, 2.45) is 50.2 Å². The molecular formula is C57H83N3O25. The molecule has 0 aromatic heterocycles. The Balaban J connectivity index is 1.18. The van der Waals surface area contributed by atoms with Gasteiger partial charge in [0, 0.05) is 30.6 Å². The van der Waals surface area contributed by atoms with Crippen LogP contribution >= 0.6 is 0 Å². The average Bonchev–Trinajstić information content (AvgIpc) is 0.682. The number of carboxylic acid groups (broad SMARTS) is 6. The number of allylic oxidation sites excluding steroid dienone is 2. The summed E-state index contributed by atoms with van der Waals surface area (Å²) in [6, 6.07) is -5.09. The quantitative estimate of drug-likeness (QED) is 0.0648. The van der Waals surface area contributed by atoms with Gasteiger partial charge in [-0.25, -0.2) is 14.4 Å². The van der Waals surface area contributed by atoms with E-state index in [2.05, 4.69) is 38.3 Å². The van der Waals surface area contributed by atoms with E-state index in [-0.39, 0.29) is 35.9 Å². The Kier molecular flexibility index (Phi) is 19.5. The number of hydrogen-bond acceptors (Lipinski definition) is 19. The fourth-order valence-corrected chi connectivity index (χ4v) is 15.8. The number of carboxylic acids is 6. The molecule has 3 amide bonds. The van der Waals surface area contributed by atoms with Crippen LogP contribution < -0.4 is 16.0 Å². The van der Waals surface area contributed by atoms with Gasteiger partial charge in [-0.05, 0) is 122 Å². The van der Waals surface area contributed by atoms with Crippen LogP contribution in [0, 0.1) is 50.2 Å². The molecule has 28 heteroatoms. The molecule has 22 atom stereocenters. The monoisotopic (exact) mass is 1210 g/mol. The summed E-state index contributed by atoms with van der Waals surface area (Å²) < 4.78 is 24.5. The first kappa shape index (κ1) is 66.8. The molecule has 7 rings (SSSR count). The van der Waals surface area contributed by atoms with Gasteiger partial charge in [0.2, 0.25) is 5.91 Å². The number of amides is 3. The van der Waals surface area contributed by atoms with Crippen LogP contribution in [0.1, 0.15) is 145 Å². The zero-order valence-corrected chi connectivity index (χ0v) is 48.6. The molecule has 2 heterocycles. The molecule has 0 radical (unpaired) electrons. The first-order chi connectivity index (χ1) is 39.4. The molecule has 2 aliphatic heterocycles. The molecule has 5 aliphatic carbocycles. The number of aliphatic carboxylic acids is 6. The summed E-state index contributed by atoms with van der Waals surface area (Å²) >= 11 is 0. The second-order valence-electron chi connectivity index (χ2n) is 26.6. The number of carbonyl (C=O) groups is 10. The number of aliphatic hydroxyl groups excluding tert-OH is 5. The Hall–Kier alpha value is -5.72. The molecule has 14 N–H and O–H groups in total. The van der Waals surface area contributed by atoms with Crippen LogP contribution in [0.15, 0.2) is 11.6 Å². The smallest absolute Gasteiger partial charge is 0.326 e. The molecule has 6 fully saturated rings. The van der Waals surface area contributed by atoms with Gasteiger partial charge in [-0.3, -0.25) is 33.6 Å². The van der Waals surface area contributed by atoms with E-state index in [1.807, 2.05) is 19.2 Å². The highest BCUT2D eigenvalue weighted by molar-refractivity contribution is 5.96. The van der Waals surface area contributed by atoms with Crippen LogP contribution in [0.3, 0.4) is 0 Å². The average molecular weight is 1210 g/mol. The summed E-state index contributed by atoms with van der Waals surface area (Å²) in [6.07, 6.45) is -20.2. The number of ketones is 1. The molecule has 0 aromatic rings. The van der Waals surface area contributed by atoms with Crippen molar-refractivity contribution in [1.29, 1.82) is 0 Å². The Morgan fingerprint density at radius 3 is 1.56 bits per heavy atom. The van der Waals surface area contributed by atoms with E-state index in [1.165, 1.54) is 0 Å². The van der Waals surface area contributed by atoms with Crippen LogP contribution in [0.5, 0.6) is 0 Å². The van der Waals surface area contributed by atoms with Gasteiger partial charge in [-0.15, -0.1) is 0 Å². The van der Waals surface area contributed by atoms with Gasteiger partial charge in [0.05, 0.1) is 6.10 Å². The summed E-state index contributed by atoms with van der Waals surface area (Å²) in [5.41, 5.74) is -3.28. The number of nitrogens with one attached hydrogen (secondary N) is 3. The lowest BCUT2D eigenvalue weighted by Gasteiger charge is -2.70. The maximum atomic E-state index is 15.4. The third kappa shape index (κ3) is 12.7. The maximum absolute atomic E-state index is 15.4. The SMILES string of the molecule is CC1(C(=O)NC(CCC(=O)O)C(=O)O)CCC2(C)CCC3(C)C(=CC(=O)C4C5(C)CCC(OC6OC(C(=O)NC(CCC(=O)O)C(=O)O)C(O)C(O)C6OC6OC(C(=O)NC(CCC(=O)O)C(=O)O)C(O)C(O)C6O)C(C)(C)C5CCC43C)C2C1. The van der Waals surface area contributed by atoms with Crippen molar-refractivity contribution in [2.75, 3.05) is 0 Å². The highest BCUT2D eigenvalue weighted by Crippen LogP contribution is 2.75. The van der Waals surface area contributed by atoms with E-state index >= 15 is 4.79 Å². The van der Waals surface area contributed by atoms with Gasteiger partial charge in [-0.2, -0.15) is 0 Å². The number of ether oxygens (including phenoxy) is 4. The lowest BCUT2D eigenvalue weighted by Crippen LogP contribution is -2.69. The molecule has 2 saturated heterocycles. The fraction of sp³-hybridized carbons (Fsp3) is 0.789. The molecule has 476 valence electrons. The van der Waals surface area contributed by atoms with Crippen molar-refractivity contribution < 1.29 is 123 Å². The van der Waals surface area contributed by atoms with Crippen LogP contribution in [-0.4, -0.2) is 201 Å². The number of fused-ring (bicyclic) bond motifs is 7. The van der Waals surface area contributed by atoms with Crippen LogP contribution in [0.4, 0.5) is 0 Å². The molecule has 0 spiro atoms.